The van der Waals surface area contributed by atoms with Gasteiger partial charge in [-0.3, -0.25) is 4.90 Å². The molecule has 2 aliphatic rings. The summed E-state index contributed by atoms with van der Waals surface area (Å²) in [7, 11) is 0. The van der Waals surface area contributed by atoms with Crippen molar-refractivity contribution < 1.29 is 35.9 Å². The van der Waals surface area contributed by atoms with Crippen LogP contribution in [0.3, 0.4) is 0 Å². The zero-order valence-corrected chi connectivity index (χ0v) is 24.5. The van der Waals surface area contributed by atoms with Gasteiger partial charge in [0.1, 0.15) is 11.9 Å². The fourth-order valence-corrected chi connectivity index (χ4v) is 5.69. The molecule has 0 spiro atoms. The lowest BCUT2D eigenvalue weighted by Gasteiger charge is -2.36. The molecule has 2 fully saturated rings. The Morgan fingerprint density at radius 2 is 1.57 bits per heavy atom. The summed E-state index contributed by atoms with van der Waals surface area (Å²) < 4.78 is 86.5. The number of carbonyl (C=O) groups excluding carboxylic acids is 1. The molecule has 1 amide bonds. The molecule has 0 N–H and O–H groups in total. The molecule has 1 aromatic heterocycles. The molecule has 1 saturated heterocycles. The molecular weight excluding hydrogens is 604 g/mol. The molecule has 1 aromatic carbocycles. The van der Waals surface area contributed by atoms with Crippen molar-refractivity contribution in [3.8, 4) is 0 Å². The first kappa shape index (κ1) is 32.0. The Balaban J connectivity index is 0.00000216. The van der Waals surface area contributed by atoms with Crippen molar-refractivity contribution in [3.63, 3.8) is 0 Å². The number of alkyl halides is 6. The normalized spacial score (nSPS) is 20.2. The van der Waals surface area contributed by atoms with E-state index in [0.717, 1.165) is 25.7 Å². The largest absolute Gasteiger partial charge is 0.439 e. The van der Waals surface area contributed by atoms with Crippen molar-refractivity contribution in [2.45, 2.75) is 96.9 Å². The topological polar surface area (TPSA) is 45.7 Å². The van der Waals surface area contributed by atoms with Gasteiger partial charge in [-0.25, -0.2) is 9.78 Å². The van der Waals surface area contributed by atoms with E-state index in [9.17, 15) is 31.1 Å². The lowest BCUT2D eigenvalue weighted by atomic mass is 9.94. The summed E-state index contributed by atoms with van der Waals surface area (Å²) >= 11 is 3.42. The minimum absolute atomic E-state index is 0.0343. The maximum absolute atomic E-state index is 13.4. The summed E-state index contributed by atoms with van der Waals surface area (Å²) in [6.07, 6.45) is -5.02. The summed E-state index contributed by atoms with van der Waals surface area (Å²) in [5.74, 6) is 0.699. The summed E-state index contributed by atoms with van der Waals surface area (Å²) in [5, 5.41) is 0. The van der Waals surface area contributed by atoms with Crippen LogP contribution in [-0.4, -0.2) is 34.6 Å². The second-order valence-corrected chi connectivity index (χ2v) is 10.6. The summed E-state index contributed by atoms with van der Waals surface area (Å²) in [4.78, 5) is 21.0. The molecule has 0 radical (unpaired) electrons. The van der Waals surface area contributed by atoms with Gasteiger partial charge in [0.15, 0.2) is 0 Å². The second-order valence-electron chi connectivity index (χ2n) is 9.73. The Hall–Kier alpha value is -2.50. The molecule has 2 unspecified atom stereocenters. The molecule has 222 valence electrons. The van der Waals surface area contributed by atoms with E-state index in [0.29, 0.717) is 40.6 Å². The average Bonchev–Trinajstić information content (AvgIpc) is 3.19. The first-order valence-electron chi connectivity index (χ1n) is 13.5. The maximum Gasteiger partial charge on any atom is 0.416 e. The SMILES string of the molecule is CC.CCN(c1ncc(Br)cc1CN1C(=O)OC(c2cc(C(F)(F)F)cc(C(F)(F)F)c2)C1C)C1CCCCC1. The maximum atomic E-state index is 13.4. The van der Waals surface area contributed by atoms with Crippen molar-refractivity contribution in [1.29, 1.82) is 0 Å². The van der Waals surface area contributed by atoms with E-state index in [1.54, 1.807) is 13.1 Å². The number of nitrogens with zero attached hydrogens (tertiary/aromatic N) is 3. The van der Waals surface area contributed by atoms with Crippen LogP contribution in [0.5, 0.6) is 0 Å². The number of halogens is 7. The molecular formula is C28H34BrF6N3O2. The number of amides is 1. The minimum Gasteiger partial charge on any atom is -0.439 e. The predicted molar refractivity (Wildman–Crippen MR) is 144 cm³/mol. The molecule has 40 heavy (non-hydrogen) atoms. The molecule has 2 aromatic rings. The quantitative estimate of drug-likeness (QED) is 0.296. The molecule has 2 heterocycles. The highest BCUT2D eigenvalue weighted by Gasteiger charge is 2.43. The Morgan fingerprint density at radius 3 is 2.10 bits per heavy atom. The van der Waals surface area contributed by atoms with Crippen molar-refractivity contribution in [2.75, 3.05) is 11.4 Å². The van der Waals surface area contributed by atoms with Gasteiger partial charge < -0.3 is 9.64 Å². The molecule has 4 rings (SSSR count). The molecule has 1 aliphatic heterocycles. The third kappa shape index (κ3) is 7.22. The van der Waals surface area contributed by atoms with Crippen molar-refractivity contribution in [1.82, 2.24) is 9.88 Å². The van der Waals surface area contributed by atoms with Crippen LogP contribution < -0.4 is 4.90 Å². The van der Waals surface area contributed by atoms with E-state index in [2.05, 4.69) is 25.8 Å². The zero-order valence-electron chi connectivity index (χ0n) is 22.9. The van der Waals surface area contributed by atoms with E-state index in [1.807, 2.05) is 26.8 Å². The highest BCUT2D eigenvalue weighted by molar-refractivity contribution is 9.10. The minimum atomic E-state index is -5.00. The highest BCUT2D eigenvalue weighted by atomic mass is 79.9. The number of benzene rings is 1. The van der Waals surface area contributed by atoms with E-state index >= 15 is 0 Å². The first-order chi connectivity index (χ1) is 18.8. The highest BCUT2D eigenvalue weighted by Crippen LogP contribution is 2.41. The van der Waals surface area contributed by atoms with Gasteiger partial charge in [-0.2, -0.15) is 26.3 Å². The van der Waals surface area contributed by atoms with Crippen LogP contribution in [-0.2, 0) is 23.6 Å². The zero-order chi connectivity index (χ0) is 29.8. The molecule has 12 heteroatoms. The van der Waals surface area contributed by atoms with E-state index < -0.39 is 41.7 Å². The summed E-state index contributed by atoms with van der Waals surface area (Å²) in [6.45, 7) is 8.30. The standard InChI is InChI=1S/C26H28BrF6N3O2.C2H6/c1-3-35(21-7-5-4-6-8-21)23-17(11-20(27)13-34-23)14-36-15(2)22(38-24(36)37)16-9-18(25(28,29)30)12-19(10-16)26(31,32)33;1-2/h9-13,15,21-22H,3-8,14H2,1-2H3;1-2H3. The Kier molecular flexibility index (Phi) is 10.4. The van der Waals surface area contributed by atoms with Gasteiger partial charge in [0, 0.05) is 28.8 Å². The molecule has 2 atom stereocenters. The van der Waals surface area contributed by atoms with Crippen LogP contribution in [0.25, 0.3) is 0 Å². The van der Waals surface area contributed by atoms with Gasteiger partial charge >= 0.3 is 18.4 Å². The first-order valence-corrected chi connectivity index (χ1v) is 14.3. The van der Waals surface area contributed by atoms with Crippen LogP contribution in [0.15, 0.2) is 34.9 Å². The Labute approximate surface area is 239 Å². The monoisotopic (exact) mass is 637 g/mol. The van der Waals surface area contributed by atoms with Crippen molar-refractivity contribution in [2.24, 2.45) is 0 Å². The summed E-state index contributed by atoms with van der Waals surface area (Å²) in [6, 6.07) is 2.58. The van der Waals surface area contributed by atoms with Crippen molar-refractivity contribution >= 4 is 27.8 Å². The van der Waals surface area contributed by atoms with Gasteiger partial charge in [0.25, 0.3) is 0 Å². The predicted octanol–water partition coefficient (Wildman–Crippen LogP) is 9.15. The molecule has 0 bridgehead atoms. The summed E-state index contributed by atoms with van der Waals surface area (Å²) in [5.41, 5.74) is -2.56. The van der Waals surface area contributed by atoms with E-state index in [1.165, 1.54) is 11.3 Å². The number of cyclic esters (lactones) is 1. The third-order valence-electron chi connectivity index (χ3n) is 7.21. The van der Waals surface area contributed by atoms with Gasteiger partial charge in [0.05, 0.1) is 23.7 Å². The van der Waals surface area contributed by atoms with Gasteiger partial charge in [-0.05, 0) is 72.4 Å². The number of pyridine rings is 1. The smallest absolute Gasteiger partial charge is 0.416 e. The fraction of sp³-hybridized carbons (Fsp3) is 0.571. The van der Waals surface area contributed by atoms with Crippen LogP contribution in [0.4, 0.5) is 37.0 Å². The lowest BCUT2D eigenvalue weighted by molar-refractivity contribution is -0.143. The van der Waals surface area contributed by atoms with Crippen LogP contribution in [0.2, 0.25) is 0 Å². The average molecular weight is 638 g/mol. The Morgan fingerprint density at radius 1 is 1.00 bits per heavy atom. The number of carbonyl (C=O) groups is 1. The number of aromatic nitrogens is 1. The van der Waals surface area contributed by atoms with Gasteiger partial charge in [-0.1, -0.05) is 33.1 Å². The molecule has 1 saturated carbocycles. The number of hydrogen-bond acceptors (Lipinski definition) is 4. The van der Waals surface area contributed by atoms with Crippen molar-refractivity contribution in [3.05, 3.63) is 57.2 Å². The van der Waals surface area contributed by atoms with E-state index in [4.69, 9.17) is 4.74 Å². The number of rotatable bonds is 6. The number of ether oxygens (including phenoxy) is 1. The second kappa shape index (κ2) is 13.0. The number of anilines is 1. The number of hydrogen-bond donors (Lipinski definition) is 0. The van der Waals surface area contributed by atoms with Crippen LogP contribution in [0, 0.1) is 0 Å². The van der Waals surface area contributed by atoms with E-state index in [-0.39, 0.29) is 18.2 Å². The fourth-order valence-electron chi connectivity index (χ4n) is 5.31. The van der Waals surface area contributed by atoms with Gasteiger partial charge in [0.2, 0.25) is 0 Å². The lowest BCUT2D eigenvalue weighted by Crippen LogP contribution is -2.39. The van der Waals surface area contributed by atoms with Gasteiger partial charge in [-0.15, -0.1) is 0 Å². The Bertz CT molecular complexity index is 1140. The molecule has 1 aliphatic carbocycles. The van der Waals surface area contributed by atoms with Crippen LogP contribution in [0.1, 0.15) is 88.2 Å². The third-order valence-corrected chi connectivity index (χ3v) is 7.64. The molecule has 5 nitrogen and oxygen atoms in total. The van der Waals surface area contributed by atoms with Crippen LogP contribution >= 0.6 is 15.9 Å².